The average molecular weight is 500 g/mol. The number of carbonyl (C=O) groups excluding carboxylic acids is 1. The van der Waals surface area contributed by atoms with E-state index in [2.05, 4.69) is 15.2 Å². The van der Waals surface area contributed by atoms with E-state index in [0.29, 0.717) is 23.7 Å². The van der Waals surface area contributed by atoms with Crippen LogP contribution in [0.3, 0.4) is 0 Å². The fraction of sp³-hybridized carbons (Fsp3) is 0.259. The maximum Gasteiger partial charge on any atom is 0.256 e. The summed E-state index contributed by atoms with van der Waals surface area (Å²) in [5, 5.41) is 3.51. The molecule has 1 amide bonds. The van der Waals surface area contributed by atoms with Gasteiger partial charge in [-0.15, -0.1) is 0 Å². The molecule has 10 nitrogen and oxygen atoms in total. The zero-order valence-corrected chi connectivity index (χ0v) is 20.7. The van der Waals surface area contributed by atoms with Crippen molar-refractivity contribution in [3.63, 3.8) is 0 Å². The molecule has 1 fully saturated rings. The van der Waals surface area contributed by atoms with Crippen LogP contribution in [0.15, 0.2) is 65.6 Å². The highest BCUT2D eigenvalue weighted by Gasteiger charge is 2.30. The molecule has 0 radical (unpaired) electrons. The van der Waals surface area contributed by atoms with Crippen LogP contribution >= 0.6 is 0 Å². The second-order valence-corrected chi connectivity index (χ2v) is 9.09. The molecule has 3 heterocycles. The summed E-state index contributed by atoms with van der Waals surface area (Å²) in [7, 11) is 1.68. The number of aromatic nitrogens is 3. The number of benzene rings is 2. The Morgan fingerprint density at radius 1 is 1.16 bits per heavy atom. The first-order chi connectivity index (χ1) is 17.9. The Kier molecular flexibility index (Phi) is 6.60. The van der Waals surface area contributed by atoms with Crippen molar-refractivity contribution in [1.29, 1.82) is 0 Å². The number of nitrogens with two attached hydrogens (primary N) is 2. The van der Waals surface area contributed by atoms with Crippen molar-refractivity contribution in [1.82, 2.24) is 19.9 Å². The van der Waals surface area contributed by atoms with Crippen molar-refractivity contribution in [3.8, 4) is 5.69 Å². The second-order valence-electron chi connectivity index (χ2n) is 9.09. The molecule has 1 aliphatic rings. The number of aryl methyl sites for hydroxylation is 1. The van der Waals surface area contributed by atoms with Gasteiger partial charge in [-0.2, -0.15) is 4.98 Å². The number of ether oxygens (including phenoxy) is 1. The summed E-state index contributed by atoms with van der Waals surface area (Å²) >= 11 is 0. The van der Waals surface area contributed by atoms with Crippen LogP contribution in [0.5, 0.6) is 0 Å². The van der Waals surface area contributed by atoms with E-state index in [-0.39, 0.29) is 29.0 Å². The molecule has 5 N–H and O–H groups in total. The van der Waals surface area contributed by atoms with Gasteiger partial charge in [-0.05, 0) is 44.2 Å². The average Bonchev–Trinajstić information content (AvgIpc) is 2.90. The predicted molar refractivity (Wildman–Crippen MR) is 143 cm³/mol. The third-order valence-electron chi connectivity index (χ3n) is 6.71. The zero-order chi connectivity index (χ0) is 26.1. The molecule has 2 aromatic carbocycles. The van der Waals surface area contributed by atoms with E-state index in [9.17, 15) is 9.59 Å². The van der Waals surface area contributed by atoms with Gasteiger partial charge in [-0.25, -0.2) is 4.98 Å². The largest absolute Gasteiger partial charge is 0.384 e. The lowest BCUT2D eigenvalue weighted by Gasteiger charge is -2.37. The summed E-state index contributed by atoms with van der Waals surface area (Å²) < 4.78 is 7.17. The SMILES string of the molecule is COC1CC(N(c2ccccc2)c2ncc3c(=O)c(C(N)=O)c(N)n(-c4ccc(C)cc4)c3n2)CCN1. The number of methoxy groups -OCH3 is 1. The summed E-state index contributed by atoms with van der Waals surface area (Å²) in [4.78, 5) is 37.0. The van der Waals surface area contributed by atoms with Gasteiger partial charge in [0.15, 0.2) is 5.65 Å². The molecule has 10 heteroatoms. The lowest BCUT2D eigenvalue weighted by molar-refractivity contribution is 0.0461. The van der Waals surface area contributed by atoms with E-state index in [0.717, 1.165) is 24.2 Å². The van der Waals surface area contributed by atoms with Gasteiger partial charge < -0.3 is 21.1 Å². The number of rotatable bonds is 6. The molecule has 1 aliphatic heterocycles. The van der Waals surface area contributed by atoms with Gasteiger partial charge in [0.25, 0.3) is 5.91 Å². The third-order valence-corrected chi connectivity index (χ3v) is 6.71. The number of pyridine rings is 1. The molecule has 0 bridgehead atoms. The number of nitrogens with one attached hydrogen (secondary N) is 1. The van der Waals surface area contributed by atoms with E-state index in [1.165, 1.54) is 6.20 Å². The second kappa shape index (κ2) is 10.00. The van der Waals surface area contributed by atoms with Crippen molar-refractivity contribution in [2.75, 3.05) is 24.3 Å². The van der Waals surface area contributed by atoms with E-state index in [4.69, 9.17) is 21.2 Å². The van der Waals surface area contributed by atoms with Crippen LogP contribution in [0.4, 0.5) is 17.5 Å². The number of anilines is 3. The highest BCUT2D eigenvalue weighted by molar-refractivity contribution is 6.01. The lowest BCUT2D eigenvalue weighted by atomic mass is 10.0. The molecule has 37 heavy (non-hydrogen) atoms. The molecule has 0 aliphatic carbocycles. The Bertz CT molecular complexity index is 1500. The minimum absolute atomic E-state index is 0.0350. The van der Waals surface area contributed by atoms with Gasteiger partial charge in [0, 0.05) is 37.1 Å². The summed E-state index contributed by atoms with van der Waals surface area (Å²) in [6.07, 6.45) is 2.88. The Morgan fingerprint density at radius 2 is 1.89 bits per heavy atom. The number of amides is 1. The molecule has 0 spiro atoms. The van der Waals surface area contributed by atoms with Crippen molar-refractivity contribution in [2.45, 2.75) is 32.0 Å². The number of hydrogen-bond acceptors (Lipinski definition) is 8. The summed E-state index contributed by atoms with van der Waals surface area (Å²) in [5.41, 5.74) is 14.0. The number of para-hydroxylation sites is 1. The first kappa shape index (κ1) is 24.4. The van der Waals surface area contributed by atoms with Gasteiger partial charge >= 0.3 is 0 Å². The highest BCUT2D eigenvalue weighted by Crippen LogP contribution is 2.31. The number of primary amides is 1. The van der Waals surface area contributed by atoms with Crippen LogP contribution in [-0.4, -0.2) is 46.4 Å². The van der Waals surface area contributed by atoms with E-state index in [1.807, 2.05) is 61.5 Å². The maximum atomic E-state index is 13.3. The topological polar surface area (TPSA) is 141 Å². The van der Waals surface area contributed by atoms with E-state index in [1.54, 1.807) is 11.7 Å². The lowest BCUT2D eigenvalue weighted by Crippen LogP contribution is -2.47. The van der Waals surface area contributed by atoms with Crippen molar-refractivity contribution in [3.05, 3.63) is 82.1 Å². The fourth-order valence-corrected chi connectivity index (χ4v) is 4.83. The first-order valence-corrected chi connectivity index (χ1v) is 12.1. The van der Waals surface area contributed by atoms with E-state index < -0.39 is 11.3 Å². The molecular weight excluding hydrogens is 470 g/mol. The van der Waals surface area contributed by atoms with Crippen LogP contribution in [0.1, 0.15) is 28.8 Å². The smallest absolute Gasteiger partial charge is 0.256 e. The first-order valence-electron chi connectivity index (χ1n) is 12.1. The normalized spacial score (nSPS) is 17.6. The number of fused-ring (bicyclic) bond motifs is 1. The Labute approximate surface area is 213 Å². The molecule has 1 saturated heterocycles. The molecule has 190 valence electrons. The Hall–Kier alpha value is -4.28. The molecule has 2 atom stereocenters. The fourth-order valence-electron chi connectivity index (χ4n) is 4.83. The van der Waals surface area contributed by atoms with Crippen LogP contribution in [0.2, 0.25) is 0 Å². The minimum atomic E-state index is -0.902. The number of hydrogen-bond donors (Lipinski definition) is 3. The maximum absolute atomic E-state index is 13.3. The monoisotopic (exact) mass is 499 g/mol. The van der Waals surface area contributed by atoms with Gasteiger partial charge in [-0.3, -0.25) is 19.5 Å². The van der Waals surface area contributed by atoms with Gasteiger partial charge in [-0.1, -0.05) is 35.9 Å². The molecule has 2 aromatic heterocycles. The number of nitrogen functional groups attached to an aromatic ring is 1. The minimum Gasteiger partial charge on any atom is -0.384 e. The quantitative estimate of drug-likeness (QED) is 0.368. The number of piperidine rings is 1. The van der Waals surface area contributed by atoms with Crippen molar-refractivity contribution < 1.29 is 9.53 Å². The molecule has 0 saturated carbocycles. The van der Waals surface area contributed by atoms with Crippen molar-refractivity contribution in [2.24, 2.45) is 5.73 Å². The molecular formula is C27H29N7O3. The summed E-state index contributed by atoms with van der Waals surface area (Å²) in [6.45, 7) is 2.74. The molecule has 5 rings (SSSR count). The van der Waals surface area contributed by atoms with Gasteiger partial charge in [0.1, 0.15) is 17.6 Å². The number of carbonyl (C=O) groups is 1. The molecule has 2 unspecified atom stereocenters. The highest BCUT2D eigenvalue weighted by atomic mass is 16.5. The van der Waals surface area contributed by atoms with E-state index >= 15 is 0 Å². The van der Waals surface area contributed by atoms with Crippen LogP contribution in [0, 0.1) is 6.92 Å². The standard InChI is InChI=1S/C27H29N7O3/c1-16-8-10-18(11-9-16)34-24(28)22(25(29)36)23(35)20-15-31-27(32-26(20)34)33(17-6-4-3-5-7-17)19-12-13-30-21(14-19)37-2/h3-11,15,19,21,30H,12-14,28H2,1-2H3,(H2,29,36). The van der Waals surface area contributed by atoms with Crippen LogP contribution in [-0.2, 0) is 4.74 Å². The van der Waals surface area contributed by atoms with Gasteiger partial charge in [0.05, 0.1) is 5.39 Å². The summed E-state index contributed by atoms with van der Waals surface area (Å²) in [6, 6.07) is 17.4. The Balaban J connectivity index is 1.76. The zero-order valence-electron chi connectivity index (χ0n) is 20.7. The third kappa shape index (κ3) is 4.52. The predicted octanol–water partition coefficient (Wildman–Crippen LogP) is 2.63. The van der Waals surface area contributed by atoms with Gasteiger partial charge in [0.2, 0.25) is 11.4 Å². The van der Waals surface area contributed by atoms with Crippen LogP contribution in [0.25, 0.3) is 16.7 Å². The number of nitrogens with zero attached hydrogens (tertiary/aromatic N) is 4. The summed E-state index contributed by atoms with van der Waals surface area (Å²) in [5.74, 6) is -0.557. The molecule has 4 aromatic rings. The Morgan fingerprint density at radius 3 is 2.57 bits per heavy atom. The van der Waals surface area contributed by atoms with Crippen molar-refractivity contribution >= 4 is 34.4 Å². The van der Waals surface area contributed by atoms with Crippen LogP contribution < -0.4 is 27.1 Å².